The number of hydrogen-bond donors (Lipinski definition) is 1. The molecular weight excluding hydrogens is 486 g/mol. The SMILES string of the molecule is CCC(CCC1C2CC(CC(O)(C(F)(F)F)C(F)(F)F)C(C2)C1C)S(=O)(=O)OC1CCCCC1. The van der Waals surface area contributed by atoms with E-state index in [0.717, 1.165) is 32.1 Å². The number of halogens is 6. The lowest BCUT2D eigenvalue weighted by atomic mass is 9.70. The largest absolute Gasteiger partial charge is 0.426 e. The summed E-state index contributed by atoms with van der Waals surface area (Å²) < 4.78 is 110. The monoisotopic (exact) mass is 522 g/mol. The third-order valence-electron chi connectivity index (χ3n) is 8.75. The van der Waals surface area contributed by atoms with Crippen molar-refractivity contribution >= 4 is 10.1 Å². The predicted molar refractivity (Wildman–Crippen MR) is 114 cm³/mol. The van der Waals surface area contributed by atoms with Crippen molar-refractivity contribution in [3.05, 3.63) is 0 Å². The lowest BCUT2D eigenvalue weighted by Crippen LogP contribution is -2.58. The molecule has 4 nitrogen and oxygen atoms in total. The summed E-state index contributed by atoms with van der Waals surface area (Å²) in [6, 6.07) is 0. The van der Waals surface area contributed by atoms with Crippen molar-refractivity contribution in [3.63, 3.8) is 0 Å². The Hall–Kier alpha value is -0.550. The summed E-state index contributed by atoms with van der Waals surface area (Å²) in [7, 11) is -3.74. The number of rotatable bonds is 9. The Morgan fingerprint density at radius 3 is 2.09 bits per heavy atom. The van der Waals surface area contributed by atoms with E-state index in [9.17, 15) is 39.9 Å². The van der Waals surface area contributed by atoms with Gasteiger partial charge in [0, 0.05) is 0 Å². The first-order valence-corrected chi connectivity index (χ1v) is 13.9. The molecule has 3 aliphatic rings. The van der Waals surface area contributed by atoms with Crippen LogP contribution in [-0.4, -0.2) is 42.8 Å². The van der Waals surface area contributed by atoms with Crippen molar-refractivity contribution in [2.75, 3.05) is 0 Å². The summed E-state index contributed by atoms with van der Waals surface area (Å²) in [4.78, 5) is 0. The summed E-state index contributed by atoms with van der Waals surface area (Å²) in [5.41, 5.74) is -4.71. The smallest absolute Gasteiger partial charge is 0.374 e. The van der Waals surface area contributed by atoms with Crippen LogP contribution in [0.25, 0.3) is 0 Å². The van der Waals surface area contributed by atoms with E-state index in [4.69, 9.17) is 4.18 Å². The zero-order valence-corrected chi connectivity index (χ0v) is 20.5. The zero-order chi connectivity index (χ0) is 25.5. The van der Waals surface area contributed by atoms with Crippen molar-refractivity contribution < 1.29 is 44.0 Å². The molecule has 0 amide bonds. The normalized spacial score (nSPS) is 32.3. The molecule has 2 bridgehead atoms. The third-order valence-corrected chi connectivity index (χ3v) is 10.7. The first-order chi connectivity index (χ1) is 15.6. The maximum Gasteiger partial charge on any atom is 0.426 e. The molecule has 0 saturated heterocycles. The second-order valence-corrected chi connectivity index (χ2v) is 12.5. The Morgan fingerprint density at radius 2 is 1.59 bits per heavy atom. The fourth-order valence-corrected chi connectivity index (χ4v) is 8.37. The molecule has 0 aromatic carbocycles. The second-order valence-electron chi connectivity index (χ2n) is 10.7. The van der Waals surface area contributed by atoms with Crippen molar-refractivity contribution in [1.82, 2.24) is 0 Å². The van der Waals surface area contributed by atoms with Gasteiger partial charge in [-0.05, 0) is 81.0 Å². The molecule has 6 unspecified atom stereocenters. The van der Waals surface area contributed by atoms with Gasteiger partial charge in [-0.1, -0.05) is 33.1 Å². The highest BCUT2D eigenvalue weighted by atomic mass is 32.2. The van der Waals surface area contributed by atoms with E-state index in [1.807, 2.05) is 6.92 Å². The van der Waals surface area contributed by atoms with Crippen LogP contribution in [0.1, 0.15) is 84.5 Å². The van der Waals surface area contributed by atoms with Gasteiger partial charge in [0.15, 0.2) is 0 Å². The molecule has 0 heterocycles. The van der Waals surface area contributed by atoms with Crippen LogP contribution in [0, 0.1) is 29.6 Å². The highest BCUT2D eigenvalue weighted by molar-refractivity contribution is 7.87. The van der Waals surface area contributed by atoms with Crippen LogP contribution >= 0.6 is 0 Å². The van der Waals surface area contributed by atoms with E-state index in [2.05, 4.69) is 0 Å². The molecule has 200 valence electrons. The molecule has 0 radical (unpaired) electrons. The fourth-order valence-electron chi connectivity index (χ4n) is 6.81. The standard InChI is InChI=1S/C23H36F6O4S/c1-3-18(34(31,32)33-17-7-5-4-6-8-17)9-10-19-14(2)20-12-15(19)11-16(20)13-21(30,22(24,25)26)23(27,28)29/h14-20,30H,3-13H2,1-2H3. The molecule has 6 atom stereocenters. The highest BCUT2D eigenvalue weighted by Crippen LogP contribution is 2.60. The van der Waals surface area contributed by atoms with E-state index >= 15 is 0 Å². The Bertz CT molecular complexity index is 774. The molecule has 3 saturated carbocycles. The van der Waals surface area contributed by atoms with Gasteiger partial charge in [-0.15, -0.1) is 0 Å². The molecule has 3 aliphatic carbocycles. The number of aliphatic hydroxyl groups is 1. The Labute approximate surface area is 197 Å². The van der Waals surface area contributed by atoms with Crippen LogP contribution in [-0.2, 0) is 14.3 Å². The molecule has 0 spiro atoms. The van der Waals surface area contributed by atoms with Crippen molar-refractivity contribution in [2.45, 2.75) is 114 Å². The molecule has 3 fully saturated rings. The van der Waals surface area contributed by atoms with Gasteiger partial charge >= 0.3 is 12.4 Å². The van der Waals surface area contributed by atoms with E-state index in [1.165, 1.54) is 0 Å². The number of alkyl halides is 6. The average Bonchev–Trinajstić information content (AvgIpc) is 3.25. The van der Waals surface area contributed by atoms with Gasteiger partial charge in [-0.2, -0.15) is 34.8 Å². The Morgan fingerprint density at radius 1 is 1.00 bits per heavy atom. The third kappa shape index (κ3) is 5.56. The van der Waals surface area contributed by atoms with Gasteiger partial charge in [0.1, 0.15) is 0 Å². The predicted octanol–water partition coefficient (Wildman–Crippen LogP) is 6.38. The minimum atomic E-state index is -5.79. The summed E-state index contributed by atoms with van der Waals surface area (Å²) in [5.74, 6) is -1.36. The minimum absolute atomic E-state index is 0.0463. The van der Waals surface area contributed by atoms with Crippen molar-refractivity contribution in [1.29, 1.82) is 0 Å². The Balaban J connectivity index is 1.60. The van der Waals surface area contributed by atoms with E-state index < -0.39 is 45.7 Å². The summed E-state index contributed by atoms with van der Waals surface area (Å²) in [6.45, 7) is 3.61. The number of fused-ring (bicyclic) bond motifs is 2. The van der Waals surface area contributed by atoms with Crippen LogP contribution in [0.3, 0.4) is 0 Å². The molecule has 34 heavy (non-hydrogen) atoms. The van der Waals surface area contributed by atoms with Gasteiger partial charge in [0.05, 0.1) is 11.4 Å². The van der Waals surface area contributed by atoms with E-state index in [0.29, 0.717) is 25.7 Å². The zero-order valence-electron chi connectivity index (χ0n) is 19.7. The first-order valence-electron chi connectivity index (χ1n) is 12.4. The van der Waals surface area contributed by atoms with Crippen LogP contribution in [0.4, 0.5) is 26.3 Å². The van der Waals surface area contributed by atoms with Crippen LogP contribution < -0.4 is 0 Å². The molecular formula is C23H36F6O4S. The molecule has 0 aliphatic heterocycles. The van der Waals surface area contributed by atoms with Gasteiger partial charge < -0.3 is 5.11 Å². The molecule has 0 aromatic rings. The van der Waals surface area contributed by atoms with Gasteiger partial charge in [-0.3, -0.25) is 4.18 Å². The Kier molecular flexibility index (Phi) is 8.30. The lowest BCUT2D eigenvalue weighted by Gasteiger charge is -2.40. The van der Waals surface area contributed by atoms with Gasteiger partial charge in [-0.25, -0.2) is 0 Å². The number of hydrogen-bond acceptors (Lipinski definition) is 4. The van der Waals surface area contributed by atoms with Crippen molar-refractivity contribution in [2.24, 2.45) is 29.6 Å². The fraction of sp³-hybridized carbons (Fsp3) is 1.00. The summed E-state index contributed by atoms with van der Waals surface area (Å²) in [6.07, 6.45) is -6.83. The maximum absolute atomic E-state index is 13.2. The van der Waals surface area contributed by atoms with Crippen LogP contribution in [0.5, 0.6) is 0 Å². The van der Waals surface area contributed by atoms with Crippen LogP contribution in [0.15, 0.2) is 0 Å². The lowest BCUT2D eigenvalue weighted by molar-refractivity contribution is -0.373. The van der Waals surface area contributed by atoms with Gasteiger partial charge in [0.2, 0.25) is 0 Å². The van der Waals surface area contributed by atoms with E-state index in [-0.39, 0.29) is 36.2 Å². The minimum Gasteiger partial charge on any atom is -0.374 e. The topological polar surface area (TPSA) is 63.6 Å². The molecule has 0 aromatic heterocycles. The molecule has 1 N–H and O–H groups in total. The average molecular weight is 523 g/mol. The molecule has 11 heteroatoms. The quantitative estimate of drug-likeness (QED) is 0.282. The van der Waals surface area contributed by atoms with Gasteiger partial charge in [0.25, 0.3) is 15.7 Å². The molecule has 3 rings (SSSR count). The maximum atomic E-state index is 13.2. The summed E-state index contributed by atoms with van der Waals surface area (Å²) in [5, 5.41) is 8.96. The second kappa shape index (κ2) is 10.1. The van der Waals surface area contributed by atoms with Crippen molar-refractivity contribution in [3.8, 4) is 0 Å². The van der Waals surface area contributed by atoms with E-state index in [1.54, 1.807) is 6.92 Å². The van der Waals surface area contributed by atoms with Crippen LogP contribution in [0.2, 0.25) is 0 Å². The highest BCUT2D eigenvalue weighted by Gasteiger charge is 2.71. The first kappa shape index (κ1) is 28.0. The summed E-state index contributed by atoms with van der Waals surface area (Å²) >= 11 is 0.